The number of aliphatic hydroxyl groups excluding tert-OH is 1. The predicted octanol–water partition coefficient (Wildman–Crippen LogP) is 3.92. The summed E-state index contributed by atoms with van der Waals surface area (Å²) < 4.78 is 0.928. The Morgan fingerprint density at radius 2 is 1.79 bits per heavy atom. The van der Waals surface area contributed by atoms with E-state index in [2.05, 4.69) is 41.9 Å². The van der Waals surface area contributed by atoms with Crippen LogP contribution in [0.5, 0.6) is 0 Å². The van der Waals surface area contributed by atoms with Crippen molar-refractivity contribution in [2.75, 3.05) is 5.73 Å². The summed E-state index contributed by atoms with van der Waals surface area (Å²) in [5.74, 6) is 0. The molecule has 2 aromatic rings. The second-order valence-electron chi connectivity index (χ2n) is 4.86. The van der Waals surface area contributed by atoms with E-state index >= 15 is 0 Å². The number of halogens is 1. The molecule has 0 aliphatic carbocycles. The monoisotopic (exact) mass is 319 g/mol. The number of hydrogen-bond acceptors (Lipinski definition) is 2. The lowest BCUT2D eigenvalue weighted by molar-refractivity contribution is 0.179. The molecule has 0 aliphatic heterocycles. The van der Waals surface area contributed by atoms with Crippen LogP contribution in [0.1, 0.15) is 28.4 Å². The van der Waals surface area contributed by atoms with Gasteiger partial charge in [0.1, 0.15) is 0 Å². The molecule has 0 spiro atoms. The van der Waals surface area contributed by atoms with Gasteiger partial charge in [-0.15, -0.1) is 0 Å². The lowest BCUT2D eigenvalue weighted by atomic mass is 9.94. The zero-order valence-electron chi connectivity index (χ0n) is 11.2. The quantitative estimate of drug-likeness (QED) is 0.842. The lowest BCUT2D eigenvalue weighted by Gasteiger charge is -2.17. The molecular weight excluding hydrogens is 302 g/mol. The maximum Gasteiger partial charge on any atom is 0.0850 e. The van der Waals surface area contributed by atoms with Crippen molar-refractivity contribution in [3.05, 3.63) is 63.1 Å². The zero-order chi connectivity index (χ0) is 14.0. The molecule has 0 fully saturated rings. The first-order valence-corrected chi connectivity index (χ1v) is 7.06. The third-order valence-corrected chi connectivity index (χ3v) is 3.94. The summed E-state index contributed by atoms with van der Waals surface area (Å²) in [6.45, 7) is 4.14. The lowest BCUT2D eigenvalue weighted by Crippen LogP contribution is -2.07. The SMILES string of the molecule is Cc1cccc(C)c1CC(O)c1cc(Br)ccc1N. The van der Waals surface area contributed by atoms with Gasteiger partial charge in [-0.05, 0) is 48.7 Å². The second-order valence-corrected chi connectivity index (χ2v) is 5.78. The van der Waals surface area contributed by atoms with Gasteiger partial charge in [-0.25, -0.2) is 0 Å². The molecule has 2 rings (SSSR count). The molecular formula is C16H18BrNO. The van der Waals surface area contributed by atoms with Gasteiger partial charge in [0.2, 0.25) is 0 Å². The Kier molecular flexibility index (Phi) is 4.27. The summed E-state index contributed by atoms with van der Waals surface area (Å²) >= 11 is 3.41. The molecule has 0 radical (unpaired) electrons. The molecule has 0 aliphatic rings. The van der Waals surface area contributed by atoms with E-state index < -0.39 is 6.10 Å². The highest BCUT2D eigenvalue weighted by molar-refractivity contribution is 9.10. The number of nitrogens with two attached hydrogens (primary N) is 1. The molecule has 0 bridgehead atoms. The van der Waals surface area contributed by atoms with E-state index in [9.17, 15) is 5.11 Å². The molecule has 0 saturated carbocycles. The molecule has 3 N–H and O–H groups in total. The maximum atomic E-state index is 10.4. The van der Waals surface area contributed by atoms with Crippen molar-refractivity contribution >= 4 is 21.6 Å². The number of anilines is 1. The molecule has 100 valence electrons. The molecule has 1 atom stereocenters. The van der Waals surface area contributed by atoms with Crippen LogP contribution in [0, 0.1) is 13.8 Å². The van der Waals surface area contributed by atoms with Crippen LogP contribution in [0.25, 0.3) is 0 Å². The molecule has 2 aromatic carbocycles. The van der Waals surface area contributed by atoms with E-state index in [4.69, 9.17) is 5.73 Å². The standard InChI is InChI=1S/C16H18BrNO/c1-10-4-3-5-11(2)13(10)9-16(19)14-8-12(17)6-7-15(14)18/h3-8,16,19H,9,18H2,1-2H3. The number of hydrogen-bond donors (Lipinski definition) is 2. The summed E-state index contributed by atoms with van der Waals surface area (Å²) in [7, 11) is 0. The van der Waals surface area contributed by atoms with E-state index in [1.807, 2.05) is 24.3 Å². The topological polar surface area (TPSA) is 46.2 Å². The largest absolute Gasteiger partial charge is 0.398 e. The fourth-order valence-corrected chi connectivity index (χ4v) is 2.69. The van der Waals surface area contributed by atoms with Crippen molar-refractivity contribution in [1.82, 2.24) is 0 Å². The number of aryl methyl sites for hydroxylation is 2. The second kappa shape index (κ2) is 5.76. The Labute approximate surface area is 122 Å². The van der Waals surface area contributed by atoms with E-state index in [0.29, 0.717) is 12.1 Å². The summed E-state index contributed by atoms with van der Waals surface area (Å²) in [5.41, 5.74) is 10.9. The van der Waals surface area contributed by atoms with Crippen LogP contribution >= 0.6 is 15.9 Å². The van der Waals surface area contributed by atoms with Gasteiger partial charge in [0.15, 0.2) is 0 Å². The fraction of sp³-hybridized carbons (Fsp3) is 0.250. The van der Waals surface area contributed by atoms with Crippen LogP contribution in [0.4, 0.5) is 5.69 Å². The smallest absolute Gasteiger partial charge is 0.0850 e. The highest BCUT2D eigenvalue weighted by atomic mass is 79.9. The Bertz CT molecular complexity index is 575. The number of rotatable bonds is 3. The average Bonchev–Trinajstić information content (AvgIpc) is 2.37. The highest BCUT2D eigenvalue weighted by Gasteiger charge is 2.14. The summed E-state index contributed by atoms with van der Waals surface area (Å²) in [6, 6.07) is 11.7. The molecule has 0 aromatic heterocycles. The summed E-state index contributed by atoms with van der Waals surface area (Å²) in [5, 5.41) is 10.4. The summed E-state index contributed by atoms with van der Waals surface area (Å²) in [4.78, 5) is 0. The number of benzene rings is 2. The van der Waals surface area contributed by atoms with Crippen LogP contribution in [0.2, 0.25) is 0 Å². The molecule has 0 amide bonds. The zero-order valence-corrected chi connectivity index (χ0v) is 12.7. The Morgan fingerprint density at radius 3 is 2.42 bits per heavy atom. The van der Waals surface area contributed by atoms with Gasteiger partial charge in [0, 0.05) is 22.1 Å². The van der Waals surface area contributed by atoms with Crippen molar-refractivity contribution < 1.29 is 5.11 Å². The van der Waals surface area contributed by atoms with Crippen LogP contribution in [-0.2, 0) is 6.42 Å². The normalized spacial score (nSPS) is 12.4. The van der Waals surface area contributed by atoms with Crippen molar-refractivity contribution in [2.45, 2.75) is 26.4 Å². The fourth-order valence-electron chi connectivity index (χ4n) is 2.31. The average molecular weight is 320 g/mol. The molecule has 19 heavy (non-hydrogen) atoms. The maximum absolute atomic E-state index is 10.4. The van der Waals surface area contributed by atoms with Gasteiger partial charge in [0.05, 0.1) is 6.10 Å². The first kappa shape index (κ1) is 14.1. The Balaban J connectivity index is 2.31. The van der Waals surface area contributed by atoms with E-state index in [1.165, 1.54) is 16.7 Å². The van der Waals surface area contributed by atoms with Crippen molar-refractivity contribution in [1.29, 1.82) is 0 Å². The van der Waals surface area contributed by atoms with Crippen LogP contribution in [0.15, 0.2) is 40.9 Å². The van der Waals surface area contributed by atoms with E-state index in [-0.39, 0.29) is 0 Å². The minimum Gasteiger partial charge on any atom is -0.398 e. The van der Waals surface area contributed by atoms with Gasteiger partial charge in [-0.1, -0.05) is 34.1 Å². The molecule has 1 unspecified atom stereocenters. The predicted molar refractivity (Wildman–Crippen MR) is 83.1 cm³/mol. The van der Waals surface area contributed by atoms with E-state index in [0.717, 1.165) is 10.0 Å². The van der Waals surface area contributed by atoms with Gasteiger partial charge in [-0.3, -0.25) is 0 Å². The summed E-state index contributed by atoms with van der Waals surface area (Å²) in [6.07, 6.45) is -0.00333. The molecule has 0 heterocycles. The third-order valence-electron chi connectivity index (χ3n) is 3.45. The van der Waals surface area contributed by atoms with Gasteiger partial charge in [-0.2, -0.15) is 0 Å². The Hall–Kier alpha value is -1.32. The van der Waals surface area contributed by atoms with Gasteiger partial charge < -0.3 is 10.8 Å². The van der Waals surface area contributed by atoms with Crippen molar-refractivity contribution in [2.24, 2.45) is 0 Å². The Morgan fingerprint density at radius 1 is 1.16 bits per heavy atom. The number of nitrogen functional groups attached to an aromatic ring is 1. The number of aliphatic hydroxyl groups is 1. The van der Waals surface area contributed by atoms with Crippen molar-refractivity contribution in [3.8, 4) is 0 Å². The van der Waals surface area contributed by atoms with Crippen LogP contribution in [-0.4, -0.2) is 5.11 Å². The minimum absolute atomic E-state index is 0.583. The highest BCUT2D eigenvalue weighted by Crippen LogP contribution is 2.28. The minimum atomic E-state index is -0.586. The van der Waals surface area contributed by atoms with Gasteiger partial charge >= 0.3 is 0 Å². The van der Waals surface area contributed by atoms with E-state index in [1.54, 1.807) is 0 Å². The molecule has 3 heteroatoms. The first-order valence-electron chi connectivity index (χ1n) is 6.27. The van der Waals surface area contributed by atoms with Crippen molar-refractivity contribution in [3.63, 3.8) is 0 Å². The third kappa shape index (κ3) is 3.17. The van der Waals surface area contributed by atoms with Crippen LogP contribution < -0.4 is 5.73 Å². The molecule has 0 saturated heterocycles. The molecule has 2 nitrogen and oxygen atoms in total. The first-order chi connectivity index (χ1) is 8.99. The van der Waals surface area contributed by atoms with Crippen LogP contribution in [0.3, 0.4) is 0 Å². The van der Waals surface area contributed by atoms with Gasteiger partial charge in [0.25, 0.3) is 0 Å².